The van der Waals surface area contributed by atoms with Gasteiger partial charge in [-0.1, -0.05) is 0 Å². The molecule has 2 rings (SSSR count). The van der Waals surface area contributed by atoms with Gasteiger partial charge in [0, 0.05) is 12.6 Å². The fraction of sp³-hybridized carbons (Fsp3) is 0.636. The van der Waals surface area contributed by atoms with Gasteiger partial charge in [0.25, 0.3) is 0 Å². The average molecular weight is 195 g/mol. The molecule has 1 aromatic rings. The lowest BCUT2D eigenvalue weighted by atomic mass is 10.0. The second kappa shape index (κ2) is 4.62. The van der Waals surface area contributed by atoms with Crippen molar-refractivity contribution in [1.29, 1.82) is 0 Å². The van der Waals surface area contributed by atoms with Crippen LogP contribution in [0.3, 0.4) is 0 Å². The van der Waals surface area contributed by atoms with Crippen LogP contribution in [0, 0.1) is 0 Å². The molecule has 1 aromatic heterocycles. The van der Waals surface area contributed by atoms with Gasteiger partial charge < -0.3 is 14.5 Å². The number of ether oxygens (including phenoxy) is 1. The highest BCUT2D eigenvalue weighted by Gasteiger charge is 2.24. The molecular weight excluding hydrogens is 178 g/mol. The minimum atomic E-state index is 0.370. The van der Waals surface area contributed by atoms with E-state index in [9.17, 15) is 0 Å². The first kappa shape index (κ1) is 9.74. The molecule has 1 saturated heterocycles. The van der Waals surface area contributed by atoms with E-state index in [0.29, 0.717) is 12.1 Å². The number of likely N-dealkylation sites (N-methyl/N-ethyl adjacent to an activating group) is 1. The number of rotatable bonds is 4. The molecule has 1 aliphatic rings. The third-order valence-corrected chi connectivity index (χ3v) is 2.82. The van der Waals surface area contributed by atoms with Crippen LogP contribution in [0.1, 0.15) is 18.4 Å². The summed E-state index contributed by atoms with van der Waals surface area (Å²) in [5.74, 6) is 0. The van der Waals surface area contributed by atoms with Crippen molar-refractivity contribution in [2.75, 3.05) is 13.7 Å². The number of hydrogen-bond acceptors (Lipinski definition) is 3. The van der Waals surface area contributed by atoms with Gasteiger partial charge in [-0.05, 0) is 37.9 Å². The minimum absolute atomic E-state index is 0.370. The van der Waals surface area contributed by atoms with E-state index in [0.717, 1.165) is 13.0 Å². The predicted octanol–water partition coefficient (Wildman–Crippen LogP) is 1.59. The number of nitrogens with one attached hydrogen (secondary N) is 1. The number of furan rings is 1. The monoisotopic (exact) mass is 195 g/mol. The standard InChI is InChI=1S/C11H17NO2/c1-12-10(11-3-2-5-14-11)7-9-4-6-13-8-9/h4,6,8,10-12H,2-3,5,7H2,1H3. The van der Waals surface area contributed by atoms with Crippen molar-refractivity contribution in [2.45, 2.75) is 31.4 Å². The lowest BCUT2D eigenvalue weighted by Gasteiger charge is -2.21. The van der Waals surface area contributed by atoms with Crippen molar-refractivity contribution in [3.8, 4) is 0 Å². The Morgan fingerprint density at radius 2 is 2.57 bits per heavy atom. The first-order valence-electron chi connectivity index (χ1n) is 5.20. The summed E-state index contributed by atoms with van der Waals surface area (Å²) in [6, 6.07) is 2.43. The fourth-order valence-corrected chi connectivity index (χ4v) is 2.00. The van der Waals surface area contributed by atoms with E-state index < -0.39 is 0 Å². The zero-order chi connectivity index (χ0) is 9.80. The summed E-state index contributed by atoms with van der Waals surface area (Å²) in [7, 11) is 1.99. The SMILES string of the molecule is CNC(Cc1ccoc1)C1CCCO1. The summed E-state index contributed by atoms with van der Waals surface area (Å²) in [5.41, 5.74) is 1.24. The molecule has 0 bridgehead atoms. The van der Waals surface area contributed by atoms with Crippen LogP contribution in [-0.4, -0.2) is 25.8 Å². The van der Waals surface area contributed by atoms with Crippen LogP contribution in [0.15, 0.2) is 23.0 Å². The van der Waals surface area contributed by atoms with E-state index in [1.54, 1.807) is 12.5 Å². The minimum Gasteiger partial charge on any atom is -0.472 e. The van der Waals surface area contributed by atoms with Gasteiger partial charge in [0.05, 0.1) is 18.6 Å². The molecule has 1 N–H and O–H groups in total. The Morgan fingerprint density at radius 3 is 3.14 bits per heavy atom. The Labute approximate surface area is 84.4 Å². The normalized spacial score (nSPS) is 23.9. The maximum Gasteiger partial charge on any atom is 0.0935 e. The van der Waals surface area contributed by atoms with Gasteiger partial charge in [-0.2, -0.15) is 0 Å². The Balaban J connectivity index is 1.92. The van der Waals surface area contributed by atoms with Crippen LogP contribution in [0.2, 0.25) is 0 Å². The van der Waals surface area contributed by atoms with Crippen molar-refractivity contribution < 1.29 is 9.15 Å². The molecule has 2 atom stereocenters. The molecule has 2 heterocycles. The van der Waals surface area contributed by atoms with Gasteiger partial charge in [0.1, 0.15) is 0 Å². The summed E-state index contributed by atoms with van der Waals surface area (Å²) < 4.78 is 10.7. The Bertz CT molecular complexity index is 252. The first-order chi connectivity index (χ1) is 6.90. The molecule has 3 nitrogen and oxygen atoms in total. The van der Waals surface area contributed by atoms with Crippen LogP contribution in [0.25, 0.3) is 0 Å². The molecule has 2 unspecified atom stereocenters. The molecule has 14 heavy (non-hydrogen) atoms. The topological polar surface area (TPSA) is 34.4 Å². The van der Waals surface area contributed by atoms with Crippen molar-refractivity contribution in [1.82, 2.24) is 5.32 Å². The first-order valence-corrected chi connectivity index (χ1v) is 5.20. The molecule has 1 aliphatic heterocycles. The highest BCUT2D eigenvalue weighted by molar-refractivity contribution is 5.08. The molecule has 78 valence electrons. The van der Waals surface area contributed by atoms with E-state index >= 15 is 0 Å². The Kier molecular flexibility index (Phi) is 3.22. The van der Waals surface area contributed by atoms with Crippen LogP contribution in [0.5, 0.6) is 0 Å². The molecule has 1 fully saturated rings. The molecular formula is C11H17NO2. The third-order valence-electron chi connectivity index (χ3n) is 2.82. The number of hydrogen-bond donors (Lipinski definition) is 1. The van der Waals surface area contributed by atoms with Crippen molar-refractivity contribution in [3.05, 3.63) is 24.2 Å². The molecule has 0 radical (unpaired) electrons. The van der Waals surface area contributed by atoms with Crippen molar-refractivity contribution >= 4 is 0 Å². The molecule has 0 spiro atoms. The molecule has 0 amide bonds. The average Bonchev–Trinajstić information content (AvgIpc) is 2.86. The van der Waals surface area contributed by atoms with E-state index in [4.69, 9.17) is 9.15 Å². The van der Waals surface area contributed by atoms with Gasteiger partial charge in [-0.15, -0.1) is 0 Å². The maximum atomic E-state index is 5.66. The van der Waals surface area contributed by atoms with Gasteiger partial charge in [0.2, 0.25) is 0 Å². The molecule has 0 aliphatic carbocycles. The lowest BCUT2D eigenvalue weighted by molar-refractivity contribution is 0.0808. The van der Waals surface area contributed by atoms with Crippen LogP contribution >= 0.6 is 0 Å². The summed E-state index contributed by atoms with van der Waals surface area (Å²) >= 11 is 0. The summed E-state index contributed by atoms with van der Waals surface area (Å²) in [6.45, 7) is 0.911. The lowest BCUT2D eigenvalue weighted by Crippen LogP contribution is -2.38. The van der Waals surface area contributed by atoms with Crippen LogP contribution in [-0.2, 0) is 11.2 Å². The summed E-state index contributed by atoms with van der Waals surface area (Å²) in [4.78, 5) is 0. The Hall–Kier alpha value is -0.800. The van der Waals surface area contributed by atoms with Crippen LogP contribution in [0.4, 0.5) is 0 Å². The highest BCUT2D eigenvalue weighted by atomic mass is 16.5. The van der Waals surface area contributed by atoms with E-state index in [1.165, 1.54) is 18.4 Å². The largest absolute Gasteiger partial charge is 0.472 e. The second-order valence-electron chi connectivity index (χ2n) is 3.78. The highest BCUT2D eigenvalue weighted by Crippen LogP contribution is 2.18. The van der Waals surface area contributed by atoms with E-state index in [1.807, 2.05) is 13.1 Å². The zero-order valence-corrected chi connectivity index (χ0v) is 8.53. The third kappa shape index (κ3) is 2.16. The summed E-state index contributed by atoms with van der Waals surface area (Å²) in [6.07, 6.45) is 7.24. The quantitative estimate of drug-likeness (QED) is 0.792. The smallest absolute Gasteiger partial charge is 0.0935 e. The molecule has 3 heteroatoms. The van der Waals surface area contributed by atoms with E-state index in [2.05, 4.69) is 5.32 Å². The maximum absolute atomic E-state index is 5.66. The van der Waals surface area contributed by atoms with E-state index in [-0.39, 0.29) is 0 Å². The molecule has 0 aromatic carbocycles. The fourth-order valence-electron chi connectivity index (χ4n) is 2.00. The van der Waals surface area contributed by atoms with Gasteiger partial charge >= 0.3 is 0 Å². The predicted molar refractivity (Wildman–Crippen MR) is 54.2 cm³/mol. The zero-order valence-electron chi connectivity index (χ0n) is 8.53. The van der Waals surface area contributed by atoms with Gasteiger partial charge in [-0.25, -0.2) is 0 Å². The second-order valence-corrected chi connectivity index (χ2v) is 3.78. The summed E-state index contributed by atoms with van der Waals surface area (Å²) in [5, 5.41) is 3.32. The van der Waals surface area contributed by atoms with Gasteiger partial charge in [0.15, 0.2) is 0 Å². The van der Waals surface area contributed by atoms with Crippen LogP contribution < -0.4 is 5.32 Å². The van der Waals surface area contributed by atoms with Gasteiger partial charge in [-0.3, -0.25) is 0 Å². The van der Waals surface area contributed by atoms with Crippen molar-refractivity contribution in [3.63, 3.8) is 0 Å². The Morgan fingerprint density at radius 1 is 1.64 bits per heavy atom. The molecule has 0 saturated carbocycles. The van der Waals surface area contributed by atoms with Crippen molar-refractivity contribution in [2.24, 2.45) is 0 Å².